The lowest BCUT2D eigenvalue weighted by atomic mass is 10.1. The smallest absolute Gasteiger partial charge is 0.372 e. The van der Waals surface area contributed by atoms with Crippen LogP contribution in [0.5, 0.6) is 0 Å². The van der Waals surface area contributed by atoms with E-state index in [-0.39, 0.29) is 18.6 Å². The Kier molecular flexibility index (Phi) is 10.1. The Hall–Kier alpha value is -2.34. The summed E-state index contributed by atoms with van der Waals surface area (Å²) in [5.41, 5.74) is 5.45. The van der Waals surface area contributed by atoms with Crippen molar-refractivity contribution in [1.82, 2.24) is 10.6 Å². The van der Waals surface area contributed by atoms with E-state index in [4.69, 9.17) is 10.8 Å². The molecule has 136 valence electrons. The van der Waals surface area contributed by atoms with Crippen molar-refractivity contribution in [2.45, 2.75) is 31.8 Å². The molecule has 0 fully saturated rings. The first-order valence-corrected chi connectivity index (χ1v) is 7.34. The molecule has 0 aromatic heterocycles. The van der Waals surface area contributed by atoms with Gasteiger partial charge in [-0.1, -0.05) is 0 Å². The van der Waals surface area contributed by atoms with Gasteiger partial charge in [-0.3, -0.25) is 14.4 Å². The van der Waals surface area contributed by atoms with Crippen LogP contribution in [0.2, 0.25) is 0 Å². The normalized spacial score (nSPS) is 12.5. The topological polar surface area (TPSA) is 174 Å². The largest absolute Gasteiger partial charge is 0.480 e. The van der Waals surface area contributed by atoms with E-state index in [0.717, 1.165) is 6.92 Å². The maximum atomic E-state index is 11.7. The summed E-state index contributed by atoms with van der Waals surface area (Å²) in [4.78, 5) is 63.6. The Labute approximate surface area is 142 Å². The minimum atomic E-state index is -1.23. The third-order valence-corrected chi connectivity index (χ3v) is 2.84. The second-order valence-electron chi connectivity index (χ2n) is 4.54. The summed E-state index contributed by atoms with van der Waals surface area (Å²) in [5, 5.41) is 12.9. The van der Waals surface area contributed by atoms with Gasteiger partial charge in [-0.05, 0) is 6.42 Å². The van der Waals surface area contributed by atoms with Crippen molar-refractivity contribution in [2.24, 2.45) is 5.73 Å². The van der Waals surface area contributed by atoms with E-state index in [1.54, 1.807) is 0 Å². The number of hydrogen-bond acceptors (Lipinski definition) is 9. The Morgan fingerprint density at radius 2 is 1.83 bits per heavy atom. The first kappa shape index (κ1) is 21.7. The van der Waals surface area contributed by atoms with Gasteiger partial charge in [0.1, 0.15) is 18.6 Å². The van der Waals surface area contributed by atoms with E-state index in [0.29, 0.717) is 0 Å². The van der Waals surface area contributed by atoms with E-state index < -0.39 is 48.4 Å². The Balaban J connectivity index is 4.25. The number of carboxylic acids is 1. The maximum absolute atomic E-state index is 11.7. The molecule has 0 saturated heterocycles. The van der Waals surface area contributed by atoms with E-state index in [1.165, 1.54) is 0 Å². The summed E-state index contributed by atoms with van der Waals surface area (Å²) in [7, 11) is 0. The van der Waals surface area contributed by atoms with Gasteiger partial charge in [-0.2, -0.15) is 12.6 Å². The predicted molar refractivity (Wildman–Crippen MR) is 81.5 cm³/mol. The molecule has 0 radical (unpaired) electrons. The van der Waals surface area contributed by atoms with Crippen LogP contribution in [-0.4, -0.2) is 59.2 Å². The van der Waals surface area contributed by atoms with Crippen LogP contribution in [0, 0.1) is 0 Å². The second kappa shape index (κ2) is 11.2. The van der Waals surface area contributed by atoms with Crippen LogP contribution in [-0.2, 0) is 33.7 Å². The molecule has 2 atom stereocenters. The van der Waals surface area contributed by atoms with Crippen molar-refractivity contribution in [2.75, 3.05) is 12.3 Å². The number of aliphatic carboxylic acids is 1. The zero-order chi connectivity index (χ0) is 18.7. The van der Waals surface area contributed by atoms with Gasteiger partial charge in [0, 0.05) is 19.1 Å². The minimum Gasteiger partial charge on any atom is -0.480 e. The summed E-state index contributed by atoms with van der Waals surface area (Å²) in [6.45, 7) is 0.436. The van der Waals surface area contributed by atoms with E-state index >= 15 is 0 Å². The fraction of sp³-hybridized carbons (Fsp3) is 0.583. The number of nitrogens with two attached hydrogens (primary N) is 1. The molecule has 0 aliphatic heterocycles. The number of amides is 2. The highest BCUT2D eigenvalue weighted by atomic mass is 32.1. The number of hydrogen-bond donors (Lipinski definition) is 5. The average molecular weight is 365 g/mol. The summed E-state index contributed by atoms with van der Waals surface area (Å²) in [5.74, 6) is -4.46. The molecule has 12 heteroatoms. The Bertz CT molecular complexity index is 499. The zero-order valence-electron chi connectivity index (χ0n) is 12.8. The van der Waals surface area contributed by atoms with Gasteiger partial charge >= 0.3 is 17.9 Å². The van der Waals surface area contributed by atoms with Gasteiger partial charge in [0.2, 0.25) is 11.8 Å². The summed E-state index contributed by atoms with van der Waals surface area (Å²) in [6.07, 6.45) is -0.338. The molecule has 0 spiro atoms. The molecule has 11 nitrogen and oxygen atoms in total. The number of carbonyl (C=O) groups excluding carboxylic acids is 4. The van der Waals surface area contributed by atoms with Crippen molar-refractivity contribution in [3.63, 3.8) is 0 Å². The monoisotopic (exact) mass is 365 g/mol. The molecule has 0 aromatic rings. The molecule has 24 heavy (non-hydrogen) atoms. The van der Waals surface area contributed by atoms with Gasteiger partial charge in [0.15, 0.2) is 0 Å². The number of thiol groups is 1. The van der Waals surface area contributed by atoms with Crippen molar-refractivity contribution in [3.8, 4) is 0 Å². The van der Waals surface area contributed by atoms with Crippen LogP contribution in [0.3, 0.4) is 0 Å². The zero-order valence-corrected chi connectivity index (χ0v) is 13.7. The van der Waals surface area contributed by atoms with Crippen molar-refractivity contribution in [3.05, 3.63) is 0 Å². The van der Waals surface area contributed by atoms with Crippen LogP contribution in [0.15, 0.2) is 0 Å². The molecule has 0 aromatic carbocycles. The van der Waals surface area contributed by atoms with Crippen LogP contribution in [0.4, 0.5) is 0 Å². The number of rotatable bonds is 9. The van der Waals surface area contributed by atoms with Gasteiger partial charge in [-0.15, -0.1) is 0 Å². The van der Waals surface area contributed by atoms with Gasteiger partial charge in [-0.25, -0.2) is 19.4 Å². The fourth-order valence-corrected chi connectivity index (χ4v) is 1.57. The molecule has 5 N–H and O–H groups in total. The standard InChI is InChI=1S/C12H19N3O8S/c1-6(16)22-23-12(21)7(13)2-3-9(17)15-8(5-24)11(20)14-4-10(18)19/h7-8,24H,2-5,13H2,1H3,(H,14,20)(H,15,17)(H,18,19). The number of nitrogens with one attached hydrogen (secondary N) is 2. The Morgan fingerprint density at radius 3 is 2.33 bits per heavy atom. The van der Waals surface area contributed by atoms with Gasteiger partial charge in [0.25, 0.3) is 0 Å². The summed E-state index contributed by atoms with van der Waals surface area (Å²) in [6, 6.07) is -2.24. The highest BCUT2D eigenvalue weighted by Gasteiger charge is 2.22. The minimum absolute atomic E-state index is 0.0578. The van der Waals surface area contributed by atoms with Gasteiger partial charge < -0.3 is 21.5 Å². The van der Waals surface area contributed by atoms with Crippen LogP contribution in [0.25, 0.3) is 0 Å². The fourth-order valence-electron chi connectivity index (χ4n) is 1.31. The van der Waals surface area contributed by atoms with Crippen molar-refractivity contribution >= 4 is 42.4 Å². The lowest BCUT2D eigenvalue weighted by Gasteiger charge is -2.16. The quantitative estimate of drug-likeness (QED) is 0.171. The van der Waals surface area contributed by atoms with Crippen LogP contribution >= 0.6 is 12.6 Å². The summed E-state index contributed by atoms with van der Waals surface area (Å²) >= 11 is 3.89. The van der Waals surface area contributed by atoms with Crippen molar-refractivity contribution < 1.29 is 38.9 Å². The molecular formula is C12H19N3O8S. The second-order valence-corrected chi connectivity index (χ2v) is 4.90. The highest BCUT2D eigenvalue weighted by Crippen LogP contribution is 2.00. The Morgan fingerprint density at radius 1 is 1.21 bits per heavy atom. The maximum Gasteiger partial charge on any atom is 0.372 e. The first-order chi connectivity index (χ1) is 11.2. The van der Waals surface area contributed by atoms with E-state index in [1.807, 2.05) is 0 Å². The number of carbonyl (C=O) groups is 5. The molecule has 2 amide bonds. The van der Waals surface area contributed by atoms with Crippen molar-refractivity contribution in [1.29, 1.82) is 0 Å². The van der Waals surface area contributed by atoms with E-state index in [2.05, 4.69) is 33.0 Å². The number of carboxylic acid groups (broad SMARTS) is 1. The SMILES string of the molecule is CC(=O)OOC(=O)C(N)CCC(=O)NC(CS)C(=O)NCC(=O)O. The predicted octanol–water partition coefficient (Wildman–Crippen LogP) is -2.27. The molecule has 0 aliphatic rings. The molecule has 2 unspecified atom stereocenters. The summed E-state index contributed by atoms with van der Waals surface area (Å²) < 4.78 is 0. The molecule has 0 aliphatic carbocycles. The first-order valence-electron chi connectivity index (χ1n) is 6.71. The molecule has 0 heterocycles. The van der Waals surface area contributed by atoms with Gasteiger partial charge in [0.05, 0.1) is 0 Å². The van der Waals surface area contributed by atoms with E-state index in [9.17, 15) is 24.0 Å². The molecule has 0 saturated carbocycles. The lowest BCUT2D eigenvalue weighted by Crippen LogP contribution is -2.49. The molecule has 0 bridgehead atoms. The molecular weight excluding hydrogens is 346 g/mol. The third kappa shape index (κ3) is 9.63. The lowest BCUT2D eigenvalue weighted by molar-refractivity contribution is -0.258. The van der Waals surface area contributed by atoms with Crippen LogP contribution in [0.1, 0.15) is 19.8 Å². The average Bonchev–Trinajstić information content (AvgIpc) is 2.52. The highest BCUT2D eigenvalue weighted by molar-refractivity contribution is 7.80. The third-order valence-electron chi connectivity index (χ3n) is 2.47. The van der Waals surface area contributed by atoms with Crippen LogP contribution < -0.4 is 16.4 Å². The molecule has 0 rings (SSSR count).